The zero-order valence-corrected chi connectivity index (χ0v) is 21.5. The molecular formula is C26H32N6O4S. The lowest BCUT2D eigenvalue weighted by Gasteiger charge is -2.45. The van der Waals surface area contributed by atoms with Gasteiger partial charge in [-0.2, -0.15) is 0 Å². The highest BCUT2D eigenvalue weighted by Crippen LogP contribution is 2.48. The van der Waals surface area contributed by atoms with Gasteiger partial charge in [0.15, 0.2) is 0 Å². The van der Waals surface area contributed by atoms with Crippen LogP contribution in [0.15, 0.2) is 41.6 Å². The molecule has 0 radical (unpaired) electrons. The number of urea groups is 1. The number of nitrogens with zero attached hydrogens (tertiary/aromatic N) is 3. The molecular weight excluding hydrogens is 492 g/mol. The van der Waals surface area contributed by atoms with Gasteiger partial charge in [0, 0.05) is 36.8 Å². The normalized spacial score (nSPS) is 29.2. The molecule has 196 valence electrons. The van der Waals surface area contributed by atoms with Crippen molar-refractivity contribution in [2.75, 3.05) is 24.5 Å². The largest absolute Gasteiger partial charge is 0.474 e. The van der Waals surface area contributed by atoms with E-state index in [0.29, 0.717) is 29.6 Å². The predicted molar refractivity (Wildman–Crippen MR) is 140 cm³/mol. The van der Waals surface area contributed by atoms with E-state index in [9.17, 15) is 14.4 Å². The van der Waals surface area contributed by atoms with Crippen LogP contribution < -0.4 is 25.6 Å². The van der Waals surface area contributed by atoms with E-state index in [4.69, 9.17) is 4.74 Å². The van der Waals surface area contributed by atoms with Gasteiger partial charge < -0.3 is 25.6 Å². The summed E-state index contributed by atoms with van der Waals surface area (Å²) in [6.07, 6.45) is 8.97. The summed E-state index contributed by atoms with van der Waals surface area (Å²) in [7, 11) is 0. The first-order valence-corrected chi connectivity index (χ1v) is 14.0. The van der Waals surface area contributed by atoms with E-state index in [2.05, 4.69) is 27.5 Å². The van der Waals surface area contributed by atoms with E-state index in [-0.39, 0.29) is 47.3 Å². The Bertz CT molecular complexity index is 1140. The molecule has 0 bridgehead atoms. The zero-order chi connectivity index (χ0) is 25.5. The number of carbonyl (C=O) groups is 3. The number of amides is 4. The molecule has 0 aromatic carbocycles. The van der Waals surface area contributed by atoms with Crippen LogP contribution in [0.4, 0.5) is 10.5 Å². The summed E-state index contributed by atoms with van der Waals surface area (Å²) in [4.78, 5) is 47.3. The second-order valence-electron chi connectivity index (χ2n) is 10.2. The highest BCUT2D eigenvalue weighted by molar-refractivity contribution is 8.04. The first-order chi connectivity index (χ1) is 18.0. The Morgan fingerprint density at radius 2 is 2.08 bits per heavy atom. The number of piperidine rings is 2. The number of anilines is 1. The molecule has 4 aliphatic heterocycles. The van der Waals surface area contributed by atoms with E-state index >= 15 is 0 Å². The number of ether oxygens (including phenoxy) is 1. The molecule has 37 heavy (non-hydrogen) atoms. The van der Waals surface area contributed by atoms with Gasteiger partial charge in [-0.25, -0.2) is 9.78 Å². The second kappa shape index (κ2) is 10.0. The Morgan fingerprint density at radius 3 is 2.81 bits per heavy atom. The molecule has 3 unspecified atom stereocenters. The highest BCUT2D eigenvalue weighted by atomic mass is 32.2. The molecule has 1 aromatic rings. The molecule has 11 heteroatoms. The van der Waals surface area contributed by atoms with E-state index < -0.39 is 0 Å². The van der Waals surface area contributed by atoms with Crippen molar-refractivity contribution in [3.63, 3.8) is 0 Å². The van der Waals surface area contributed by atoms with E-state index in [1.165, 1.54) is 24.3 Å². The Kier molecular flexibility index (Phi) is 6.58. The summed E-state index contributed by atoms with van der Waals surface area (Å²) in [5.74, 6) is 0.237. The Morgan fingerprint density at radius 1 is 1.22 bits per heavy atom. The minimum absolute atomic E-state index is 0.00280. The molecule has 5 heterocycles. The Labute approximate surface area is 220 Å². The van der Waals surface area contributed by atoms with Gasteiger partial charge in [-0.1, -0.05) is 18.3 Å². The van der Waals surface area contributed by atoms with Gasteiger partial charge in [0.05, 0.1) is 28.2 Å². The summed E-state index contributed by atoms with van der Waals surface area (Å²) < 4.78 is 5.88. The van der Waals surface area contributed by atoms with Crippen LogP contribution >= 0.6 is 11.8 Å². The van der Waals surface area contributed by atoms with Crippen LogP contribution in [0, 0.1) is 5.92 Å². The zero-order valence-electron chi connectivity index (χ0n) is 20.7. The summed E-state index contributed by atoms with van der Waals surface area (Å²) >= 11 is 1.48. The third-order valence-electron chi connectivity index (χ3n) is 7.93. The number of hydrogen-bond acceptors (Lipinski definition) is 7. The number of pyridine rings is 1. The number of carbonyl (C=O) groups excluding carboxylic acids is 3. The van der Waals surface area contributed by atoms with Gasteiger partial charge >= 0.3 is 6.03 Å². The van der Waals surface area contributed by atoms with Gasteiger partial charge in [-0.15, -0.1) is 0 Å². The van der Waals surface area contributed by atoms with E-state index in [1.54, 1.807) is 16.0 Å². The summed E-state index contributed by atoms with van der Waals surface area (Å²) in [5.41, 5.74) is 1.42. The van der Waals surface area contributed by atoms with E-state index in [1.807, 2.05) is 12.1 Å². The molecule has 5 aliphatic rings. The van der Waals surface area contributed by atoms with Crippen LogP contribution in [0.5, 0.6) is 5.88 Å². The van der Waals surface area contributed by atoms with Crippen molar-refractivity contribution < 1.29 is 19.1 Å². The van der Waals surface area contributed by atoms with Crippen LogP contribution in [-0.4, -0.2) is 70.9 Å². The summed E-state index contributed by atoms with van der Waals surface area (Å²) in [5, 5.41) is 9.66. The van der Waals surface area contributed by atoms with Crippen molar-refractivity contribution in [2.24, 2.45) is 5.92 Å². The first-order valence-electron chi connectivity index (χ1n) is 13.1. The van der Waals surface area contributed by atoms with Crippen molar-refractivity contribution in [2.45, 2.75) is 62.1 Å². The molecule has 1 aromatic heterocycles. The number of rotatable bonds is 6. The Balaban J connectivity index is 1.19. The van der Waals surface area contributed by atoms with Crippen LogP contribution in [0.2, 0.25) is 0 Å². The van der Waals surface area contributed by atoms with Gasteiger partial charge in [-0.3, -0.25) is 14.5 Å². The van der Waals surface area contributed by atoms with E-state index in [0.717, 1.165) is 44.3 Å². The van der Waals surface area contributed by atoms with Crippen molar-refractivity contribution in [1.29, 1.82) is 0 Å². The summed E-state index contributed by atoms with van der Waals surface area (Å²) in [6, 6.07) is 3.26. The molecule has 3 saturated heterocycles. The third kappa shape index (κ3) is 4.59. The number of hydrogen-bond donors (Lipinski definition) is 3. The molecule has 1 aliphatic carbocycles. The molecule has 4 amide bonds. The van der Waals surface area contributed by atoms with Crippen LogP contribution in [0.3, 0.4) is 0 Å². The highest BCUT2D eigenvalue weighted by Gasteiger charge is 2.52. The second-order valence-corrected chi connectivity index (χ2v) is 11.4. The molecule has 1 saturated carbocycles. The standard InChI is InChI=1S/C26H32N6O4S/c1-2-20(33)31-12-4-5-15(14-31)29-24(34)23-22-21-18(10-11-27-25(21)37-23)32(26(35)30-22)16-8-9-19(28-13-16)36-17-6-3-7-17/h2,8-9,13,15,17-18,21,25,27H,1,3-7,10-12,14H2,(H,29,34)(H,30,35)/t15-,18?,21?,25?/m1/s1. The number of likely N-dealkylation sites (tertiary alicyclic amines) is 1. The van der Waals surface area contributed by atoms with Gasteiger partial charge in [0.25, 0.3) is 5.91 Å². The van der Waals surface area contributed by atoms with Crippen LogP contribution in [-0.2, 0) is 9.59 Å². The lowest BCUT2D eigenvalue weighted by atomic mass is 9.86. The van der Waals surface area contributed by atoms with Crippen LogP contribution in [0.25, 0.3) is 0 Å². The van der Waals surface area contributed by atoms with Gasteiger partial charge in [0.2, 0.25) is 11.8 Å². The fraction of sp³-hybridized carbons (Fsp3) is 0.538. The van der Waals surface area contributed by atoms with Crippen LogP contribution in [0.1, 0.15) is 38.5 Å². The fourth-order valence-electron chi connectivity index (χ4n) is 5.84. The fourth-order valence-corrected chi connectivity index (χ4v) is 7.24. The van der Waals surface area contributed by atoms with Crippen molar-refractivity contribution in [3.05, 3.63) is 41.6 Å². The Hall–Kier alpha value is -3.05. The number of aromatic nitrogens is 1. The minimum atomic E-state index is -0.250. The monoisotopic (exact) mass is 524 g/mol. The molecule has 4 atom stereocenters. The average Bonchev–Trinajstić information content (AvgIpc) is 3.26. The smallest absolute Gasteiger partial charge is 0.326 e. The third-order valence-corrected chi connectivity index (χ3v) is 9.28. The van der Waals surface area contributed by atoms with Gasteiger partial charge in [0.1, 0.15) is 6.10 Å². The molecule has 6 rings (SSSR count). The lowest BCUT2D eigenvalue weighted by molar-refractivity contribution is -0.128. The molecule has 0 spiro atoms. The van der Waals surface area contributed by atoms with Crippen molar-refractivity contribution >= 4 is 35.3 Å². The molecule has 3 N–H and O–H groups in total. The van der Waals surface area contributed by atoms with Crippen molar-refractivity contribution in [1.82, 2.24) is 25.8 Å². The maximum Gasteiger partial charge on any atom is 0.326 e. The number of nitrogens with one attached hydrogen (secondary N) is 3. The first kappa shape index (κ1) is 24.3. The van der Waals surface area contributed by atoms with Gasteiger partial charge in [-0.05, 0) is 57.2 Å². The maximum absolute atomic E-state index is 13.4. The number of thioether (sulfide) groups is 1. The SMILES string of the molecule is C=CC(=O)N1CCC[C@@H](NC(=O)C2=C3NC(=O)N(c4ccc(OC5CCC5)nc4)C4CCNC(S2)C34)C1. The molecule has 4 fully saturated rings. The molecule has 10 nitrogen and oxygen atoms in total. The topological polar surface area (TPSA) is 116 Å². The lowest BCUT2D eigenvalue weighted by Crippen LogP contribution is -2.62. The average molecular weight is 525 g/mol. The van der Waals surface area contributed by atoms with Crippen molar-refractivity contribution in [3.8, 4) is 5.88 Å². The quantitative estimate of drug-likeness (QED) is 0.488. The minimum Gasteiger partial charge on any atom is -0.474 e. The maximum atomic E-state index is 13.4. The predicted octanol–water partition coefficient (Wildman–Crippen LogP) is 2.10. The summed E-state index contributed by atoms with van der Waals surface area (Å²) in [6.45, 7) is 5.45.